The van der Waals surface area contributed by atoms with Crippen LogP contribution in [0.4, 0.5) is 8.78 Å². The highest BCUT2D eigenvalue weighted by molar-refractivity contribution is 5.29. The van der Waals surface area contributed by atoms with Gasteiger partial charge in [-0.05, 0) is 30.5 Å². The summed E-state index contributed by atoms with van der Waals surface area (Å²) < 4.78 is 29.8. The van der Waals surface area contributed by atoms with E-state index in [-0.39, 0.29) is 11.7 Å². The van der Waals surface area contributed by atoms with Crippen molar-refractivity contribution in [3.63, 3.8) is 0 Å². The van der Waals surface area contributed by atoms with Crippen molar-refractivity contribution in [2.24, 2.45) is 0 Å². The Balaban J connectivity index is 2.02. The average Bonchev–Trinajstić information content (AvgIpc) is 3.02. The quantitative estimate of drug-likeness (QED) is 0.834. The van der Waals surface area contributed by atoms with Crippen LogP contribution < -0.4 is 4.74 Å². The molecule has 0 saturated heterocycles. The molecule has 1 atom stereocenters. The lowest BCUT2D eigenvalue weighted by Crippen LogP contribution is -2.07. The van der Waals surface area contributed by atoms with Gasteiger partial charge >= 0.3 is 0 Å². The van der Waals surface area contributed by atoms with Crippen LogP contribution >= 0.6 is 0 Å². The van der Waals surface area contributed by atoms with Gasteiger partial charge in [0.05, 0.1) is 6.10 Å². The van der Waals surface area contributed by atoms with Gasteiger partial charge in [0.1, 0.15) is 11.9 Å². The molecule has 2 nitrogen and oxygen atoms in total. The zero-order chi connectivity index (χ0) is 10.8. The van der Waals surface area contributed by atoms with E-state index in [0.29, 0.717) is 5.75 Å². The number of hydrogen-bond acceptors (Lipinski definition) is 2. The third kappa shape index (κ3) is 2.65. The summed E-state index contributed by atoms with van der Waals surface area (Å²) in [6.07, 6.45) is -2.06. The second kappa shape index (κ2) is 4.14. The molecule has 0 radical (unpaired) electrons. The summed E-state index contributed by atoms with van der Waals surface area (Å²) in [6, 6.07) is 6.15. The normalized spacial score (nSPS) is 17.9. The van der Waals surface area contributed by atoms with Crippen LogP contribution in [0.1, 0.15) is 24.5 Å². The van der Waals surface area contributed by atoms with E-state index in [2.05, 4.69) is 0 Å². The molecule has 2 rings (SSSR count). The largest absolute Gasteiger partial charge is 0.490 e. The van der Waals surface area contributed by atoms with Crippen LogP contribution in [0.5, 0.6) is 5.75 Å². The van der Waals surface area contributed by atoms with Crippen molar-refractivity contribution < 1.29 is 18.6 Å². The number of hydrogen-bond donors (Lipinski definition) is 1. The Morgan fingerprint density at radius 1 is 1.20 bits per heavy atom. The highest BCUT2D eigenvalue weighted by Crippen LogP contribution is 2.28. The molecule has 0 spiro atoms. The summed E-state index contributed by atoms with van der Waals surface area (Å²) in [6.45, 7) is 0. The van der Waals surface area contributed by atoms with E-state index < -0.39 is 12.5 Å². The van der Waals surface area contributed by atoms with Crippen LogP contribution in [-0.4, -0.2) is 17.6 Å². The lowest BCUT2D eigenvalue weighted by molar-refractivity contribution is -0.00580. The first kappa shape index (κ1) is 10.4. The lowest BCUT2D eigenvalue weighted by Gasteiger charge is -2.10. The Morgan fingerprint density at radius 3 is 2.27 bits per heavy atom. The molecular formula is C11H12F2O2. The molecule has 1 saturated carbocycles. The second-order valence-electron chi connectivity index (χ2n) is 3.67. The number of aliphatic hydroxyl groups is 1. The molecule has 0 amide bonds. The van der Waals surface area contributed by atoms with Gasteiger partial charge in [0.15, 0.2) is 0 Å². The van der Waals surface area contributed by atoms with Crippen LogP contribution in [0.3, 0.4) is 0 Å². The molecule has 1 aromatic rings. The highest BCUT2D eigenvalue weighted by atomic mass is 19.3. The van der Waals surface area contributed by atoms with Gasteiger partial charge in [-0.25, -0.2) is 8.78 Å². The first-order valence-electron chi connectivity index (χ1n) is 4.89. The smallest absolute Gasteiger partial charge is 0.268 e. The van der Waals surface area contributed by atoms with Gasteiger partial charge in [0, 0.05) is 0 Å². The topological polar surface area (TPSA) is 29.5 Å². The first-order chi connectivity index (χ1) is 7.16. The Bertz CT molecular complexity index is 320. The summed E-state index contributed by atoms with van der Waals surface area (Å²) in [5.41, 5.74) is 0.216. The van der Waals surface area contributed by atoms with E-state index in [9.17, 15) is 8.78 Å². The average molecular weight is 214 g/mol. The summed E-state index contributed by atoms with van der Waals surface area (Å²) in [4.78, 5) is 0. The second-order valence-corrected chi connectivity index (χ2v) is 3.67. The predicted octanol–water partition coefficient (Wildman–Crippen LogP) is 2.53. The molecule has 1 aliphatic rings. The highest BCUT2D eigenvalue weighted by Gasteiger charge is 2.24. The van der Waals surface area contributed by atoms with Crippen molar-refractivity contribution in [2.75, 3.05) is 0 Å². The first-order valence-corrected chi connectivity index (χ1v) is 4.89. The van der Waals surface area contributed by atoms with Crippen LogP contribution in [0, 0.1) is 0 Å². The zero-order valence-electron chi connectivity index (χ0n) is 8.07. The van der Waals surface area contributed by atoms with Gasteiger partial charge in [-0.15, -0.1) is 0 Å². The molecule has 1 aromatic carbocycles. The summed E-state index contributed by atoms with van der Waals surface area (Å²) in [5.74, 6) is 0.669. The number of aliphatic hydroxyl groups excluding tert-OH is 1. The summed E-state index contributed by atoms with van der Waals surface area (Å²) in [7, 11) is 0. The monoisotopic (exact) mass is 214 g/mol. The lowest BCUT2D eigenvalue weighted by atomic mass is 10.1. The van der Waals surface area contributed by atoms with Crippen molar-refractivity contribution in [1.82, 2.24) is 0 Å². The fraction of sp³-hybridized carbons (Fsp3) is 0.455. The van der Waals surface area contributed by atoms with Gasteiger partial charge in [0.25, 0.3) is 6.43 Å². The maximum atomic E-state index is 12.2. The van der Waals surface area contributed by atoms with E-state index in [4.69, 9.17) is 9.84 Å². The van der Waals surface area contributed by atoms with E-state index >= 15 is 0 Å². The minimum Gasteiger partial charge on any atom is -0.490 e. The Morgan fingerprint density at radius 2 is 1.80 bits per heavy atom. The van der Waals surface area contributed by atoms with Crippen molar-refractivity contribution >= 4 is 0 Å². The van der Waals surface area contributed by atoms with Gasteiger partial charge in [0.2, 0.25) is 0 Å². The predicted molar refractivity (Wildman–Crippen MR) is 51.1 cm³/mol. The number of ether oxygens (including phenoxy) is 1. The zero-order valence-corrected chi connectivity index (χ0v) is 8.07. The molecule has 1 fully saturated rings. The van der Waals surface area contributed by atoms with Crippen molar-refractivity contribution in [2.45, 2.75) is 31.5 Å². The third-order valence-electron chi connectivity index (χ3n) is 2.29. The van der Waals surface area contributed by atoms with Gasteiger partial charge in [-0.1, -0.05) is 12.1 Å². The van der Waals surface area contributed by atoms with Crippen LogP contribution in [0.15, 0.2) is 24.3 Å². The molecule has 1 aliphatic carbocycles. The van der Waals surface area contributed by atoms with Crippen LogP contribution in [0.2, 0.25) is 0 Å². The fourth-order valence-electron chi connectivity index (χ4n) is 1.27. The van der Waals surface area contributed by atoms with Crippen LogP contribution in [-0.2, 0) is 0 Å². The minimum absolute atomic E-state index is 0.216. The Labute approximate surface area is 86.5 Å². The van der Waals surface area contributed by atoms with Crippen molar-refractivity contribution in [1.29, 1.82) is 0 Å². The summed E-state index contributed by atoms with van der Waals surface area (Å²) >= 11 is 0. The molecular weight excluding hydrogens is 202 g/mol. The van der Waals surface area contributed by atoms with Crippen molar-refractivity contribution in [3.8, 4) is 5.75 Å². The van der Waals surface area contributed by atoms with Gasteiger partial charge < -0.3 is 9.84 Å². The maximum Gasteiger partial charge on any atom is 0.268 e. The van der Waals surface area contributed by atoms with E-state index in [1.54, 1.807) is 12.1 Å². The third-order valence-corrected chi connectivity index (χ3v) is 2.29. The molecule has 82 valence electrons. The molecule has 15 heavy (non-hydrogen) atoms. The molecule has 0 aromatic heterocycles. The maximum absolute atomic E-state index is 12.2. The Hall–Kier alpha value is -1.16. The SMILES string of the molecule is OC(c1ccc(OC2CC2)cc1)C(F)F. The standard InChI is InChI=1S/C11H12F2O2/c12-11(13)10(14)7-1-3-8(4-2-7)15-9-5-6-9/h1-4,9-11,14H,5-6H2. The number of rotatable bonds is 4. The number of halogens is 2. The molecule has 1 unspecified atom stereocenters. The minimum atomic E-state index is -2.75. The number of alkyl halides is 2. The van der Waals surface area contributed by atoms with E-state index in [0.717, 1.165) is 12.8 Å². The number of benzene rings is 1. The fourth-order valence-corrected chi connectivity index (χ4v) is 1.27. The Kier molecular flexibility index (Phi) is 2.86. The van der Waals surface area contributed by atoms with E-state index in [1.165, 1.54) is 12.1 Å². The van der Waals surface area contributed by atoms with Gasteiger partial charge in [-0.3, -0.25) is 0 Å². The molecule has 0 bridgehead atoms. The molecule has 0 aliphatic heterocycles. The van der Waals surface area contributed by atoms with Crippen LogP contribution in [0.25, 0.3) is 0 Å². The van der Waals surface area contributed by atoms with Gasteiger partial charge in [-0.2, -0.15) is 0 Å². The summed E-state index contributed by atoms with van der Waals surface area (Å²) in [5, 5.41) is 9.09. The van der Waals surface area contributed by atoms with Crippen molar-refractivity contribution in [3.05, 3.63) is 29.8 Å². The van der Waals surface area contributed by atoms with E-state index in [1.807, 2.05) is 0 Å². The molecule has 1 N–H and O–H groups in total. The molecule has 4 heteroatoms. The molecule has 0 heterocycles.